The standard InChI is InChI=1S/C12H14ClNO5/c1-7-2-3-8(13)10(4-7)19-6-11(16)14-5-9(15)12(17)18/h2-4,9,15H,5-6H2,1H3,(H,14,16)(H,17,18). The van der Waals surface area contributed by atoms with Gasteiger partial charge in [0, 0.05) is 0 Å². The molecule has 0 aromatic heterocycles. The molecule has 19 heavy (non-hydrogen) atoms. The lowest BCUT2D eigenvalue weighted by atomic mass is 10.2. The van der Waals surface area contributed by atoms with E-state index in [1.165, 1.54) is 0 Å². The van der Waals surface area contributed by atoms with Crippen LogP contribution in [-0.4, -0.2) is 41.3 Å². The van der Waals surface area contributed by atoms with Crippen LogP contribution >= 0.6 is 11.6 Å². The summed E-state index contributed by atoms with van der Waals surface area (Å²) in [6.45, 7) is 1.17. The lowest BCUT2D eigenvalue weighted by Gasteiger charge is -2.10. The predicted octanol–water partition coefficient (Wildman–Crippen LogP) is 0.589. The van der Waals surface area contributed by atoms with Gasteiger partial charge >= 0.3 is 5.97 Å². The van der Waals surface area contributed by atoms with Crippen LogP contribution in [0.5, 0.6) is 5.75 Å². The van der Waals surface area contributed by atoms with Gasteiger partial charge in [-0.1, -0.05) is 17.7 Å². The highest BCUT2D eigenvalue weighted by Crippen LogP contribution is 2.24. The molecule has 1 atom stereocenters. The summed E-state index contributed by atoms with van der Waals surface area (Å²) in [5.41, 5.74) is 0.932. The zero-order chi connectivity index (χ0) is 14.4. The number of rotatable bonds is 6. The Balaban J connectivity index is 2.42. The number of amides is 1. The van der Waals surface area contributed by atoms with Gasteiger partial charge < -0.3 is 20.3 Å². The number of ether oxygens (including phenoxy) is 1. The van der Waals surface area contributed by atoms with Crippen molar-refractivity contribution in [1.29, 1.82) is 0 Å². The second-order valence-electron chi connectivity index (χ2n) is 3.88. The number of aryl methyl sites for hydroxylation is 1. The first-order chi connectivity index (χ1) is 8.90. The second kappa shape index (κ2) is 6.96. The summed E-state index contributed by atoms with van der Waals surface area (Å²) in [6.07, 6.45) is -1.63. The predicted molar refractivity (Wildman–Crippen MR) is 68.3 cm³/mol. The Labute approximate surface area is 114 Å². The topological polar surface area (TPSA) is 95.9 Å². The summed E-state index contributed by atoms with van der Waals surface area (Å²) in [5.74, 6) is -1.57. The SMILES string of the molecule is Cc1ccc(Cl)c(OCC(=O)NCC(O)C(=O)O)c1. The number of hydrogen-bond donors (Lipinski definition) is 3. The third kappa shape index (κ3) is 5.15. The zero-order valence-corrected chi connectivity index (χ0v) is 11.0. The zero-order valence-electron chi connectivity index (χ0n) is 10.2. The number of carbonyl (C=O) groups excluding carboxylic acids is 1. The Morgan fingerprint density at radius 1 is 1.47 bits per heavy atom. The number of hydrogen-bond acceptors (Lipinski definition) is 4. The molecule has 0 spiro atoms. The molecule has 0 aliphatic rings. The maximum atomic E-state index is 11.4. The van der Waals surface area contributed by atoms with Gasteiger partial charge in [-0.15, -0.1) is 0 Å². The van der Waals surface area contributed by atoms with Crippen LogP contribution in [0.25, 0.3) is 0 Å². The fraction of sp³-hybridized carbons (Fsp3) is 0.333. The van der Waals surface area contributed by atoms with Crippen LogP contribution in [0.15, 0.2) is 18.2 Å². The molecule has 1 unspecified atom stereocenters. The number of halogens is 1. The maximum Gasteiger partial charge on any atom is 0.334 e. The fourth-order valence-corrected chi connectivity index (χ4v) is 1.39. The van der Waals surface area contributed by atoms with Crippen molar-refractivity contribution >= 4 is 23.5 Å². The molecule has 0 radical (unpaired) electrons. The highest BCUT2D eigenvalue weighted by Gasteiger charge is 2.14. The van der Waals surface area contributed by atoms with E-state index in [0.29, 0.717) is 10.8 Å². The van der Waals surface area contributed by atoms with E-state index in [2.05, 4.69) is 5.32 Å². The van der Waals surface area contributed by atoms with Crippen LogP contribution in [0.3, 0.4) is 0 Å². The van der Waals surface area contributed by atoms with Crippen molar-refractivity contribution in [2.75, 3.05) is 13.2 Å². The van der Waals surface area contributed by atoms with Crippen LogP contribution in [0.2, 0.25) is 5.02 Å². The van der Waals surface area contributed by atoms with Gasteiger partial charge in [-0.05, 0) is 24.6 Å². The summed E-state index contributed by atoms with van der Waals surface area (Å²) >= 11 is 5.87. The van der Waals surface area contributed by atoms with Crippen molar-refractivity contribution in [3.63, 3.8) is 0 Å². The van der Waals surface area contributed by atoms with Crippen LogP contribution in [0.4, 0.5) is 0 Å². The molecule has 0 saturated carbocycles. The van der Waals surface area contributed by atoms with Crippen molar-refractivity contribution in [3.8, 4) is 5.75 Å². The average Bonchev–Trinajstić information content (AvgIpc) is 2.36. The Morgan fingerprint density at radius 2 is 2.16 bits per heavy atom. The van der Waals surface area contributed by atoms with E-state index >= 15 is 0 Å². The number of carboxylic acid groups (broad SMARTS) is 1. The van der Waals surface area contributed by atoms with Gasteiger partial charge in [0.25, 0.3) is 5.91 Å². The van der Waals surface area contributed by atoms with Gasteiger partial charge in [0.1, 0.15) is 5.75 Å². The minimum Gasteiger partial charge on any atom is -0.482 e. The van der Waals surface area contributed by atoms with Crippen molar-refractivity contribution in [2.24, 2.45) is 0 Å². The van der Waals surface area contributed by atoms with E-state index in [9.17, 15) is 9.59 Å². The van der Waals surface area contributed by atoms with Gasteiger partial charge in [0.05, 0.1) is 11.6 Å². The molecule has 0 fully saturated rings. The molecular weight excluding hydrogens is 274 g/mol. The number of benzene rings is 1. The fourth-order valence-electron chi connectivity index (χ4n) is 1.21. The molecule has 1 amide bonds. The second-order valence-corrected chi connectivity index (χ2v) is 4.29. The van der Waals surface area contributed by atoms with Crippen LogP contribution in [-0.2, 0) is 9.59 Å². The normalized spacial score (nSPS) is 11.7. The van der Waals surface area contributed by atoms with Crippen molar-refractivity contribution in [2.45, 2.75) is 13.0 Å². The first-order valence-corrected chi connectivity index (χ1v) is 5.84. The van der Waals surface area contributed by atoms with E-state index in [-0.39, 0.29) is 13.2 Å². The molecule has 3 N–H and O–H groups in total. The van der Waals surface area contributed by atoms with Crippen molar-refractivity contribution < 1.29 is 24.5 Å². The Bertz CT molecular complexity index is 477. The largest absolute Gasteiger partial charge is 0.482 e. The van der Waals surface area contributed by atoms with Crippen LogP contribution in [0.1, 0.15) is 5.56 Å². The highest BCUT2D eigenvalue weighted by atomic mass is 35.5. The quantitative estimate of drug-likeness (QED) is 0.712. The molecule has 0 saturated heterocycles. The molecule has 0 aliphatic heterocycles. The highest BCUT2D eigenvalue weighted by molar-refractivity contribution is 6.32. The van der Waals surface area contributed by atoms with Crippen molar-refractivity contribution in [3.05, 3.63) is 28.8 Å². The minimum atomic E-state index is -1.63. The van der Waals surface area contributed by atoms with E-state index in [4.69, 9.17) is 26.6 Å². The van der Waals surface area contributed by atoms with E-state index in [1.807, 2.05) is 6.92 Å². The summed E-state index contributed by atoms with van der Waals surface area (Å²) in [4.78, 5) is 21.7. The minimum absolute atomic E-state index is 0.310. The monoisotopic (exact) mass is 287 g/mol. The van der Waals surface area contributed by atoms with Crippen LogP contribution < -0.4 is 10.1 Å². The van der Waals surface area contributed by atoms with Crippen molar-refractivity contribution in [1.82, 2.24) is 5.32 Å². The Kier molecular flexibility index (Phi) is 5.59. The molecule has 1 aromatic carbocycles. The van der Waals surface area contributed by atoms with E-state index < -0.39 is 18.0 Å². The summed E-state index contributed by atoms with van der Waals surface area (Å²) in [6, 6.07) is 5.14. The van der Waals surface area contributed by atoms with Gasteiger partial charge in [0.2, 0.25) is 0 Å². The number of aliphatic hydroxyl groups excluding tert-OH is 1. The first kappa shape index (κ1) is 15.3. The summed E-state index contributed by atoms with van der Waals surface area (Å²) in [5, 5.41) is 20.0. The van der Waals surface area contributed by atoms with E-state index in [1.54, 1.807) is 18.2 Å². The molecule has 1 aromatic rings. The summed E-state index contributed by atoms with van der Waals surface area (Å²) < 4.78 is 5.20. The number of aliphatic hydroxyl groups is 1. The van der Waals surface area contributed by atoms with Gasteiger partial charge in [-0.2, -0.15) is 0 Å². The third-order valence-corrected chi connectivity index (χ3v) is 2.54. The molecular formula is C12H14ClNO5. The van der Waals surface area contributed by atoms with Crippen LogP contribution in [0, 0.1) is 6.92 Å². The molecule has 0 aliphatic carbocycles. The Hall–Kier alpha value is -1.79. The molecule has 0 bridgehead atoms. The van der Waals surface area contributed by atoms with Gasteiger partial charge in [-0.25, -0.2) is 4.79 Å². The number of nitrogens with one attached hydrogen (secondary N) is 1. The molecule has 0 heterocycles. The molecule has 104 valence electrons. The third-order valence-electron chi connectivity index (χ3n) is 2.22. The first-order valence-electron chi connectivity index (χ1n) is 5.46. The molecule has 6 nitrogen and oxygen atoms in total. The smallest absolute Gasteiger partial charge is 0.334 e. The van der Waals surface area contributed by atoms with Gasteiger partial charge in [0.15, 0.2) is 12.7 Å². The lowest BCUT2D eigenvalue weighted by molar-refractivity contribution is -0.146. The number of carboxylic acids is 1. The Morgan fingerprint density at radius 3 is 2.79 bits per heavy atom. The lowest BCUT2D eigenvalue weighted by Crippen LogP contribution is -2.38. The van der Waals surface area contributed by atoms with E-state index in [0.717, 1.165) is 5.56 Å². The van der Waals surface area contributed by atoms with Gasteiger partial charge in [-0.3, -0.25) is 4.79 Å². The maximum absolute atomic E-state index is 11.4. The number of aliphatic carboxylic acids is 1. The molecule has 7 heteroatoms. The molecule has 1 rings (SSSR count). The average molecular weight is 288 g/mol. The number of carbonyl (C=O) groups is 2. The summed E-state index contributed by atoms with van der Waals surface area (Å²) in [7, 11) is 0.